The first kappa shape index (κ1) is 16.5. The lowest BCUT2D eigenvalue weighted by atomic mass is 10.2. The maximum Gasteiger partial charge on any atom is 0.412 e. The number of halogens is 1. The normalized spacial score (nSPS) is 10.5. The lowest BCUT2D eigenvalue weighted by Crippen LogP contribution is -2.15. The van der Waals surface area contributed by atoms with Crippen molar-refractivity contribution in [1.82, 2.24) is 0 Å². The third-order valence-electron chi connectivity index (χ3n) is 3.30. The summed E-state index contributed by atoms with van der Waals surface area (Å²) in [6.45, 7) is 0.112. The minimum atomic E-state index is -1.10. The zero-order valence-electron chi connectivity index (χ0n) is 12.3. The molecule has 0 bridgehead atoms. The summed E-state index contributed by atoms with van der Waals surface area (Å²) in [5, 5.41) is 12.6. The van der Waals surface area contributed by atoms with Crippen LogP contribution in [0.4, 0.5) is 10.5 Å². The molecule has 0 saturated carbocycles. The maximum atomic E-state index is 12.1. The summed E-state index contributed by atoms with van der Waals surface area (Å²) in [7, 11) is 0. The number of carboxylic acids is 1. The number of fused-ring (bicyclic) bond motifs is 1. The van der Waals surface area contributed by atoms with Crippen molar-refractivity contribution in [3.05, 3.63) is 63.4 Å². The van der Waals surface area contributed by atoms with Gasteiger partial charge in [-0.3, -0.25) is 5.32 Å². The van der Waals surface area contributed by atoms with Gasteiger partial charge in [-0.25, -0.2) is 9.59 Å². The van der Waals surface area contributed by atoms with Gasteiger partial charge in [-0.1, -0.05) is 42.5 Å². The van der Waals surface area contributed by atoms with Gasteiger partial charge in [0.25, 0.3) is 0 Å². The van der Waals surface area contributed by atoms with Crippen LogP contribution in [-0.2, 0) is 11.3 Å². The second-order valence-electron chi connectivity index (χ2n) is 4.91. The van der Waals surface area contributed by atoms with E-state index in [4.69, 9.17) is 4.74 Å². The van der Waals surface area contributed by atoms with Crippen molar-refractivity contribution in [3.63, 3.8) is 0 Å². The molecular weight excluding hydrogens is 394 g/mol. The summed E-state index contributed by atoms with van der Waals surface area (Å²) in [6, 6.07) is 14.6. The third-order valence-corrected chi connectivity index (χ3v) is 5.45. The Bertz CT molecular complexity index is 908. The van der Waals surface area contributed by atoms with Gasteiger partial charge in [0, 0.05) is 9.86 Å². The highest BCUT2D eigenvalue weighted by Gasteiger charge is 2.21. The van der Waals surface area contributed by atoms with Gasteiger partial charge in [0.1, 0.15) is 11.5 Å². The monoisotopic (exact) mass is 405 g/mol. The Labute approximate surface area is 150 Å². The number of amides is 1. The number of rotatable bonds is 4. The summed E-state index contributed by atoms with van der Waals surface area (Å²) < 4.78 is 6.70. The first-order chi connectivity index (χ1) is 11.6. The number of anilines is 1. The highest BCUT2D eigenvalue weighted by atomic mass is 79.9. The quantitative estimate of drug-likeness (QED) is 0.631. The van der Waals surface area contributed by atoms with Crippen molar-refractivity contribution in [2.45, 2.75) is 6.61 Å². The number of benzene rings is 2. The molecule has 0 unspecified atom stereocenters. The van der Waals surface area contributed by atoms with Crippen LogP contribution in [0, 0.1) is 0 Å². The number of nitrogens with one attached hydrogen (secondary N) is 1. The van der Waals surface area contributed by atoms with E-state index in [9.17, 15) is 14.7 Å². The average molecular weight is 406 g/mol. The Morgan fingerprint density at radius 1 is 1.12 bits per heavy atom. The summed E-state index contributed by atoms with van der Waals surface area (Å²) in [5.74, 6) is -1.10. The van der Waals surface area contributed by atoms with E-state index < -0.39 is 12.1 Å². The molecule has 0 saturated heterocycles. The number of aromatic carboxylic acids is 1. The van der Waals surface area contributed by atoms with Gasteiger partial charge in [0.05, 0.1) is 10.4 Å². The fourth-order valence-electron chi connectivity index (χ4n) is 2.22. The van der Waals surface area contributed by atoms with E-state index in [0.29, 0.717) is 5.39 Å². The molecule has 1 aromatic heterocycles. The topological polar surface area (TPSA) is 75.6 Å². The van der Waals surface area contributed by atoms with Crippen LogP contribution in [0.2, 0.25) is 0 Å². The SMILES string of the molecule is O=C(Nc1c(C(=O)O)sc2c(Br)cccc12)OCc1ccccc1. The molecule has 1 amide bonds. The van der Waals surface area contributed by atoms with Crippen molar-refractivity contribution in [2.24, 2.45) is 0 Å². The summed E-state index contributed by atoms with van der Waals surface area (Å²) in [6.07, 6.45) is -0.693. The Morgan fingerprint density at radius 2 is 1.88 bits per heavy atom. The van der Waals surface area contributed by atoms with E-state index >= 15 is 0 Å². The molecule has 2 N–H and O–H groups in total. The highest BCUT2D eigenvalue weighted by Crippen LogP contribution is 2.39. The largest absolute Gasteiger partial charge is 0.477 e. The lowest BCUT2D eigenvalue weighted by molar-refractivity contribution is 0.0703. The lowest BCUT2D eigenvalue weighted by Gasteiger charge is -2.07. The van der Waals surface area contributed by atoms with Gasteiger partial charge in [-0.2, -0.15) is 0 Å². The van der Waals surface area contributed by atoms with Crippen molar-refractivity contribution < 1.29 is 19.4 Å². The van der Waals surface area contributed by atoms with Gasteiger partial charge in [0.15, 0.2) is 0 Å². The van der Waals surface area contributed by atoms with Crippen LogP contribution in [-0.4, -0.2) is 17.2 Å². The van der Waals surface area contributed by atoms with Crippen LogP contribution < -0.4 is 5.32 Å². The van der Waals surface area contributed by atoms with Crippen molar-refractivity contribution in [3.8, 4) is 0 Å². The zero-order chi connectivity index (χ0) is 17.1. The first-order valence-corrected chi connectivity index (χ1v) is 8.59. The number of carboxylic acid groups (broad SMARTS) is 1. The van der Waals surface area contributed by atoms with E-state index in [1.165, 1.54) is 0 Å². The predicted octanol–water partition coefficient (Wildman–Crippen LogP) is 5.11. The Morgan fingerprint density at radius 3 is 2.58 bits per heavy atom. The molecule has 5 nitrogen and oxygen atoms in total. The van der Waals surface area contributed by atoms with Crippen LogP contribution in [0.15, 0.2) is 53.0 Å². The Hall–Kier alpha value is -2.38. The van der Waals surface area contributed by atoms with Gasteiger partial charge >= 0.3 is 12.1 Å². The van der Waals surface area contributed by atoms with Crippen LogP contribution in [0.5, 0.6) is 0 Å². The third kappa shape index (κ3) is 3.42. The molecule has 1 heterocycles. The zero-order valence-corrected chi connectivity index (χ0v) is 14.7. The van der Waals surface area contributed by atoms with Crippen molar-refractivity contribution in [2.75, 3.05) is 5.32 Å². The molecule has 2 aromatic carbocycles. The molecule has 7 heteroatoms. The second-order valence-corrected chi connectivity index (χ2v) is 6.79. The maximum absolute atomic E-state index is 12.1. The van der Waals surface area contributed by atoms with Crippen LogP contribution in [0.1, 0.15) is 15.2 Å². The van der Waals surface area contributed by atoms with Gasteiger partial charge in [0.2, 0.25) is 0 Å². The molecule has 122 valence electrons. The summed E-state index contributed by atoms with van der Waals surface area (Å²) in [5.41, 5.74) is 1.10. The average Bonchev–Trinajstić information content (AvgIpc) is 2.94. The Kier molecular flexibility index (Phi) is 4.82. The molecular formula is C17H12BrNO4S. The molecule has 0 aliphatic heterocycles. The molecule has 24 heavy (non-hydrogen) atoms. The second kappa shape index (κ2) is 7.02. The molecule has 0 atom stereocenters. The molecule has 3 aromatic rings. The number of carbonyl (C=O) groups excluding carboxylic acids is 1. The van der Waals surface area contributed by atoms with Crippen molar-refractivity contribution in [1.29, 1.82) is 0 Å². The highest BCUT2D eigenvalue weighted by molar-refractivity contribution is 9.10. The molecule has 3 rings (SSSR count). The van der Waals surface area contributed by atoms with Crippen molar-refractivity contribution >= 4 is 55.1 Å². The fraction of sp³-hybridized carbons (Fsp3) is 0.0588. The van der Waals surface area contributed by atoms with Crippen LogP contribution >= 0.6 is 27.3 Å². The Balaban J connectivity index is 1.83. The molecule has 0 radical (unpaired) electrons. The van der Waals surface area contributed by atoms with E-state index in [1.54, 1.807) is 12.1 Å². The van der Waals surface area contributed by atoms with Gasteiger partial charge in [-0.15, -0.1) is 11.3 Å². The first-order valence-electron chi connectivity index (χ1n) is 6.98. The summed E-state index contributed by atoms with van der Waals surface area (Å²) >= 11 is 4.49. The number of hydrogen-bond donors (Lipinski definition) is 2. The minimum absolute atomic E-state index is 0.0635. The van der Waals surface area contributed by atoms with E-state index in [-0.39, 0.29) is 17.2 Å². The predicted molar refractivity (Wildman–Crippen MR) is 96.7 cm³/mol. The number of hydrogen-bond acceptors (Lipinski definition) is 4. The standard InChI is InChI=1S/C17H12BrNO4S/c18-12-8-4-7-11-13(15(16(20)21)24-14(11)12)19-17(22)23-9-10-5-2-1-3-6-10/h1-8H,9H2,(H,19,22)(H,20,21). The molecule has 0 fully saturated rings. The smallest absolute Gasteiger partial charge is 0.412 e. The fourth-order valence-corrected chi connectivity index (χ4v) is 3.83. The van der Waals surface area contributed by atoms with E-state index in [0.717, 1.165) is 26.1 Å². The minimum Gasteiger partial charge on any atom is -0.477 e. The molecule has 0 aliphatic rings. The molecule has 0 aliphatic carbocycles. The van der Waals surface area contributed by atoms with Gasteiger partial charge in [-0.05, 0) is 27.6 Å². The van der Waals surface area contributed by atoms with Crippen LogP contribution in [0.25, 0.3) is 10.1 Å². The number of thiophene rings is 1. The number of carbonyl (C=O) groups is 2. The van der Waals surface area contributed by atoms with Gasteiger partial charge < -0.3 is 9.84 Å². The van der Waals surface area contributed by atoms with E-state index in [2.05, 4.69) is 21.2 Å². The summed E-state index contributed by atoms with van der Waals surface area (Å²) in [4.78, 5) is 23.6. The number of ether oxygens (including phenoxy) is 1. The van der Waals surface area contributed by atoms with Crippen LogP contribution in [0.3, 0.4) is 0 Å². The molecule has 0 spiro atoms. The van der Waals surface area contributed by atoms with E-state index in [1.807, 2.05) is 36.4 Å².